The van der Waals surface area contributed by atoms with Crippen molar-refractivity contribution in [3.8, 4) is 0 Å². The van der Waals surface area contributed by atoms with Crippen LogP contribution in [-0.4, -0.2) is 18.9 Å². The van der Waals surface area contributed by atoms with Crippen LogP contribution in [0.5, 0.6) is 0 Å². The molecule has 116 valence electrons. The maximum atomic E-state index is 12.5. The van der Waals surface area contributed by atoms with Crippen molar-refractivity contribution in [2.45, 2.75) is 27.7 Å². The predicted octanol–water partition coefficient (Wildman–Crippen LogP) is 3.59. The Morgan fingerprint density at radius 1 is 1.05 bits per heavy atom. The minimum absolute atomic E-state index is 0.183. The quantitative estimate of drug-likeness (QED) is 0.909. The number of hydrogen-bond donors (Lipinski definition) is 2. The Kier molecular flexibility index (Phi) is 4.66. The van der Waals surface area contributed by atoms with Crippen molar-refractivity contribution in [1.82, 2.24) is 5.32 Å². The molecule has 22 heavy (non-hydrogen) atoms. The monoisotopic (exact) mass is 316 g/mol. The topological polar surface area (TPSA) is 58.2 Å². The molecule has 1 heterocycles. The molecular weight excluding hydrogens is 296 g/mol. The summed E-state index contributed by atoms with van der Waals surface area (Å²) in [6.07, 6.45) is 0. The molecule has 1 aromatic carbocycles. The molecule has 0 saturated heterocycles. The number of thiophene rings is 1. The average molecular weight is 316 g/mol. The largest absolute Gasteiger partial charge is 0.355 e. The number of benzene rings is 1. The van der Waals surface area contributed by atoms with Gasteiger partial charge in [0.1, 0.15) is 5.00 Å². The second-order valence-corrected chi connectivity index (χ2v) is 6.56. The van der Waals surface area contributed by atoms with Crippen molar-refractivity contribution < 1.29 is 9.59 Å². The summed E-state index contributed by atoms with van der Waals surface area (Å²) in [7, 11) is 1.59. The Hall–Kier alpha value is -2.14. The number of aryl methyl sites for hydroxylation is 3. The van der Waals surface area contributed by atoms with Crippen molar-refractivity contribution in [1.29, 1.82) is 0 Å². The van der Waals surface area contributed by atoms with Gasteiger partial charge in [-0.3, -0.25) is 9.59 Å². The number of carbonyl (C=O) groups excluding carboxylic acids is 2. The van der Waals surface area contributed by atoms with E-state index in [4.69, 9.17) is 0 Å². The summed E-state index contributed by atoms with van der Waals surface area (Å²) in [4.78, 5) is 25.6. The number of anilines is 1. The molecule has 0 aliphatic carbocycles. The highest BCUT2D eigenvalue weighted by atomic mass is 32.1. The highest BCUT2D eigenvalue weighted by Crippen LogP contribution is 2.32. The fourth-order valence-electron chi connectivity index (χ4n) is 2.35. The minimum Gasteiger partial charge on any atom is -0.355 e. The SMILES string of the molecule is CNC(=O)c1c(NC(=O)c2ccc(C)cc2C)sc(C)c1C. The fraction of sp³-hybridized carbons (Fsp3) is 0.294. The van der Waals surface area contributed by atoms with E-state index in [-0.39, 0.29) is 11.8 Å². The highest BCUT2D eigenvalue weighted by molar-refractivity contribution is 7.16. The molecule has 0 unspecified atom stereocenters. The molecule has 0 atom stereocenters. The molecule has 0 radical (unpaired) electrons. The van der Waals surface area contributed by atoms with Gasteiger partial charge in [-0.1, -0.05) is 17.7 Å². The number of nitrogens with one attached hydrogen (secondary N) is 2. The Bertz CT molecular complexity index is 747. The van der Waals surface area contributed by atoms with Gasteiger partial charge in [-0.25, -0.2) is 0 Å². The van der Waals surface area contributed by atoms with Crippen molar-refractivity contribution in [2.75, 3.05) is 12.4 Å². The second kappa shape index (κ2) is 6.32. The Labute approximate surface area is 134 Å². The van der Waals surface area contributed by atoms with E-state index in [2.05, 4.69) is 10.6 Å². The summed E-state index contributed by atoms with van der Waals surface area (Å²) in [5.74, 6) is -0.373. The third-order valence-corrected chi connectivity index (χ3v) is 4.82. The third kappa shape index (κ3) is 3.04. The first-order valence-electron chi connectivity index (χ1n) is 7.05. The first-order chi connectivity index (χ1) is 10.3. The summed E-state index contributed by atoms with van der Waals surface area (Å²) in [5.41, 5.74) is 4.10. The smallest absolute Gasteiger partial charge is 0.256 e. The molecule has 2 amide bonds. The number of amides is 2. The lowest BCUT2D eigenvalue weighted by atomic mass is 10.1. The zero-order chi connectivity index (χ0) is 16.4. The van der Waals surface area contributed by atoms with E-state index in [1.807, 2.05) is 45.9 Å². The van der Waals surface area contributed by atoms with Crippen LogP contribution < -0.4 is 10.6 Å². The van der Waals surface area contributed by atoms with Crippen LogP contribution in [0.4, 0.5) is 5.00 Å². The van der Waals surface area contributed by atoms with Crippen LogP contribution in [0.15, 0.2) is 18.2 Å². The Morgan fingerprint density at radius 2 is 1.73 bits per heavy atom. The predicted molar refractivity (Wildman–Crippen MR) is 91.1 cm³/mol. The van der Waals surface area contributed by atoms with Gasteiger partial charge in [0.2, 0.25) is 0 Å². The molecule has 0 saturated carbocycles. The summed E-state index contributed by atoms with van der Waals surface area (Å²) < 4.78 is 0. The maximum Gasteiger partial charge on any atom is 0.256 e. The van der Waals surface area contributed by atoms with Crippen molar-refractivity contribution >= 4 is 28.2 Å². The van der Waals surface area contributed by atoms with E-state index >= 15 is 0 Å². The van der Waals surface area contributed by atoms with E-state index in [0.717, 1.165) is 21.6 Å². The molecule has 0 fully saturated rings. The van der Waals surface area contributed by atoms with Crippen LogP contribution in [0.25, 0.3) is 0 Å². The van der Waals surface area contributed by atoms with Gasteiger partial charge in [0, 0.05) is 17.5 Å². The van der Waals surface area contributed by atoms with E-state index in [1.54, 1.807) is 7.05 Å². The van der Waals surface area contributed by atoms with Crippen molar-refractivity contribution in [2.24, 2.45) is 0 Å². The zero-order valence-electron chi connectivity index (χ0n) is 13.5. The summed E-state index contributed by atoms with van der Waals surface area (Å²) in [5, 5.41) is 6.10. The standard InChI is InChI=1S/C17H20N2O2S/c1-9-6-7-13(10(2)8-9)15(20)19-17-14(16(21)18-5)11(3)12(4)22-17/h6-8H,1-5H3,(H,18,21)(H,19,20). The normalized spacial score (nSPS) is 10.4. The number of rotatable bonds is 3. The van der Waals surface area contributed by atoms with Gasteiger partial charge in [-0.15, -0.1) is 11.3 Å². The fourth-order valence-corrected chi connectivity index (χ4v) is 3.41. The van der Waals surface area contributed by atoms with Crippen molar-refractivity contribution in [3.63, 3.8) is 0 Å². The third-order valence-electron chi connectivity index (χ3n) is 3.69. The van der Waals surface area contributed by atoms with E-state index < -0.39 is 0 Å². The lowest BCUT2D eigenvalue weighted by molar-refractivity contribution is 0.0963. The van der Waals surface area contributed by atoms with Gasteiger partial charge in [-0.2, -0.15) is 0 Å². The van der Waals surface area contributed by atoms with E-state index in [0.29, 0.717) is 16.1 Å². The lowest BCUT2D eigenvalue weighted by Gasteiger charge is -2.09. The molecule has 0 aliphatic rings. The first-order valence-corrected chi connectivity index (χ1v) is 7.87. The first kappa shape index (κ1) is 16.2. The number of carbonyl (C=O) groups is 2. The van der Waals surface area contributed by atoms with Crippen LogP contribution in [0.3, 0.4) is 0 Å². The van der Waals surface area contributed by atoms with Crippen LogP contribution >= 0.6 is 11.3 Å². The molecule has 5 heteroatoms. The molecule has 4 nitrogen and oxygen atoms in total. The molecule has 2 rings (SSSR count). The lowest BCUT2D eigenvalue weighted by Crippen LogP contribution is -2.21. The molecular formula is C17H20N2O2S. The molecule has 0 spiro atoms. The highest BCUT2D eigenvalue weighted by Gasteiger charge is 2.21. The average Bonchev–Trinajstić information content (AvgIpc) is 2.72. The van der Waals surface area contributed by atoms with Gasteiger partial charge in [0.25, 0.3) is 11.8 Å². The molecule has 2 aromatic rings. The van der Waals surface area contributed by atoms with Crippen molar-refractivity contribution in [3.05, 3.63) is 50.9 Å². The molecule has 1 aromatic heterocycles. The molecule has 0 bridgehead atoms. The van der Waals surface area contributed by atoms with Crippen LogP contribution in [-0.2, 0) is 0 Å². The number of hydrogen-bond acceptors (Lipinski definition) is 3. The van der Waals surface area contributed by atoms with Gasteiger partial charge in [0.15, 0.2) is 0 Å². The van der Waals surface area contributed by atoms with Crippen LogP contribution in [0.1, 0.15) is 42.3 Å². The van der Waals surface area contributed by atoms with Gasteiger partial charge >= 0.3 is 0 Å². The molecule has 0 aliphatic heterocycles. The van der Waals surface area contributed by atoms with E-state index in [9.17, 15) is 9.59 Å². The van der Waals surface area contributed by atoms with E-state index in [1.165, 1.54) is 11.3 Å². The summed E-state index contributed by atoms with van der Waals surface area (Å²) >= 11 is 1.42. The van der Waals surface area contributed by atoms with Crippen LogP contribution in [0.2, 0.25) is 0 Å². The Balaban J connectivity index is 2.36. The van der Waals surface area contributed by atoms with Gasteiger partial charge < -0.3 is 10.6 Å². The summed E-state index contributed by atoms with van der Waals surface area (Å²) in [6, 6.07) is 5.69. The molecule has 2 N–H and O–H groups in total. The minimum atomic E-state index is -0.191. The van der Waals surface area contributed by atoms with Gasteiger partial charge in [0.05, 0.1) is 5.56 Å². The van der Waals surface area contributed by atoms with Gasteiger partial charge in [-0.05, 0) is 44.9 Å². The van der Waals surface area contributed by atoms with Crippen LogP contribution in [0, 0.1) is 27.7 Å². The summed E-state index contributed by atoms with van der Waals surface area (Å²) in [6.45, 7) is 7.74. The Morgan fingerprint density at radius 3 is 2.32 bits per heavy atom. The second-order valence-electron chi connectivity index (χ2n) is 5.34. The zero-order valence-corrected chi connectivity index (χ0v) is 14.3. The maximum absolute atomic E-state index is 12.5.